The SMILES string of the molecule is [N-]=[N+]=CC(=O)[C@H](Cc1ccc(Cl)cc1)OC(N)=O. The van der Waals surface area contributed by atoms with Gasteiger partial charge in [0.15, 0.2) is 6.10 Å². The third-order valence-electron chi connectivity index (χ3n) is 2.10. The number of amides is 1. The zero-order valence-corrected chi connectivity index (χ0v) is 10.0. The van der Waals surface area contributed by atoms with Gasteiger partial charge in [-0.05, 0) is 17.7 Å². The number of nitrogens with zero attached hydrogens (tertiary/aromatic N) is 2. The Hall–Kier alpha value is -2.17. The molecule has 1 aromatic carbocycles. The minimum atomic E-state index is -1.13. The molecule has 18 heavy (non-hydrogen) atoms. The minimum Gasteiger partial charge on any atom is -0.437 e. The largest absolute Gasteiger partial charge is 0.437 e. The predicted molar refractivity (Wildman–Crippen MR) is 64.3 cm³/mol. The molecule has 6 nitrogen and oxygen atoms in total. The van der Waals surface area contributed by atoms with Gasteiger partial charge in [0.2, 0.25) is 0 Å². The summed E-state index contributed by atoms with van der Waals surface area (Å²) < 4.78 is 4.65. The molecule has 1 atom stereocenters. The Labute approximate surface area is 108 Å². The van der Waals surface area contributed by atoms with Crippen LogP contribution in [0.15, 0.2) is 24.3 Å². The molecule has 0 saturated heterocycles. The van der Waals surface area contributed by atoms with Gasteiger partial charge in [-0.1, -0.05) is 23.7 Å². The van der Waals surface area contributed by atoms with Crippen molar-refractivity contribution in [2.45, 2.75) is 12.5 Å². The van der Waals surface area contributed by atoms with Crippen LogP contribution in [0.4, 0.5) is 4.79 Å². The van der Waals surface area contributed by atoms with Crippen molar-refractivity contribution in [2.75, 3.05) is 0 Å². The van der Waals surface area contributed by atoms with Crippen LogP contribution in [0.25, 0.3) is 5.53 Å². The first-order chi connectivity index (χ1) is 8.52. The Morgan fingerprint density at radius 3 is 2.56 bits per heavy atom. The highest BCUT2D eigenvalue weighted by Gasteiger charge is 2.23. The van der Waals surface area contributed by atoms with Gasteiger partial charge >= 0.3 is 12.3 Å². The molecule has 0 saturated carbocycles. The van der Waals surface area contributed by atoms with Crippen LogP contribution in [0.1, 0.15) is 5.56 Å². The number of nitrogens with two attached hydrogens (primary N) is 1. The van der Waals surface area contributed by atoms with Gasteiger partial charge in [-0.15, -0.1) is 0 Å². The van der Waals surface area contributed by atoms with Crippen LogP contribution in [0, 0.1) is 0 Å². The predicted octanol–water partition coefficient (Wildman–Crippen LogP) is 1.22. The fourth-order valence-corrected chi connectivity index (χ4v) is 1.44. The maximum Gasteiger partial charge on any atom is 0.405 e. The third-order valence-corrected chi connectivity index (χ3v) is 2.35. The Balaban J connectivity index is 2.83. The molecule has 0 aliphatic carbocycles. The first-order valence-corrected chi connectivity index (χ1v) is 5.32. The fourth-order valence-electron chi connectivity index (χ4n) is 1.32. The molecule has 0 radical (unpaired) electrons. The number of Topliss-reactive ketones (excluding diaryl/α,β-unsaturated/α-hetero) is 1. The molecular formula is C11H10ClN3O3. The van der Waals surface area contributed by atoms with Crippen LogP contribution in [-0.2, 0) is 16.0 Å². The number of rotatable bonds is 5. The molecule has 0 aliphatic rings. The number of ether oxygens (including phenoxy) is 1. The lowest BCUT2D eigenvalue weighted by Gasteiger charge is -2.11. The van der Waals surface area contributed by atoms with E-state index in [-0.39, 0.29) is 6.42 Å². The van der Waals surface area contributed by atoms with Crippen molar-refractivity contribution in [1.29, 1.82) is 0 Å². The van der Waals surface area contributed by atoms with Crippen molar-refractivity contribution in [3.8, 4) is 0 Å². The van der Waals surface area contributed by atoms with Crippen LogP contribution >= 0.6 is 11.6 Å². The van der Waals surface area contributed by atoms with Crippen LogP contribution in [-0.4, -0.2) is 29.0 Å². The average molecular weight is 268 g/mol. The second kappa shape index (κ2) is 6.54. The fraction of sp³-hybridized carbons (Fsp3) is 0.182. The molecule has 7 heteroatoms. The number of carbonyl (C=O) groups excluding carboxylic acids is 2. The molecule has 2 N–H and O–H groups in total. The first kappa shape index (κ1) is 13.9. The highest BCUT2D eigenvalue weighted by atomic mass is 35.5. The average Bonchev–Trinajstić information content (AvgIpc) is 2.31. The van der Waals surface area contributed by atoms with Crippen molar-refractivity contribution >= 4 is 29.7 Å². The number of halogens is 1. The monoisotopic (exact) mass is 267 g/mol. The van der Waals surface area contributed by atoms with E-state index in [1.165, 1.54) is 0 Å². The number of benzene rings is 1. The van der Waals surface area contributed by atoms with E-state index in [0.29, 0.717) is 11.2 Å². The molecule has 0 aliphatic heterocycles. The number of hydrogen-bond donors (Lipinski definition) is 1. The summed E-state index contributed by atoms with van der Waals surface area (Å²) >= 11 is 5.72. The molecule has 0 bridgehead atoms. The number of carbonyl (C=O) groups is 2. The van der Waals surface area contributed by atoms with E-state index >= 15 is 0 Å². The summed E-state index contributed by atoms with van der Waals surface area (Å²) in [5.41, 5.74) is 13.9. The van der Waals surface area contributed by atoms with Gasteiger partial charge in [-0.3, -0.25) is 4.79 Å². The molecule has 0 spiro atoms. The van der Waals surface area contributed by atoms with Crippen LogP contribution in [0.5, 0.6) is 0 Å². The highest BCUT2D eigenvalue weighted by Crippen LogP contribution is 2.12. The van der Waals surface area contributed by atoms with Gasteiger partial charge in [-0.2, -0.15) is 4.79 Å². The highest BCUT2D eigenvalue weighted by molar-refractivity contribution is 6.30. The second-order valence-electron chi connectivity index (χ2n) is 3.40. The van der Waals surface area contributed by atoms with E-state index < -0.39 is 18.0 Å². The first-order valence-electron chi connectivity index (χ1n) is 4.94. The summed E-state index contributed by atoms with van der Waals surface area (Å²) in [7, 11) is 0. The maximum absolute atomic E-state index is 11.5. The smallest absolute Gasteiger partial charge is 0.405 e. The Morgan fingerprint density at radius 2 is 2.06 bits per heavy atom. The van der Waals surface area contributed by atoms with Crippen LogP contribution in [0.3, 0.4) is 0 Å². The van der Waals surface area contributed by atoms with Gasteiger partial charge in [0.1, 0.15) is 0 Å². The van der Waals surface area contributed by atoms with E-state index in [1.54, 1.807) is 24.3 Å². The maximum atomic E-state index is 11.5. The topological polar surface area (TPSA) is 106 Å². The van der Waals surface area contributed by atoms with Crippen LogP contribution < -0.4 is 5.73 Å². The normalized spacial score (nSPS) is 11.2. The Morgan fingerprint density at radius 1 is 1.44 bits per heavy atom. The standard InChI is InChI=1S/C11H10ClN3O3/c12-8-3-1-7(2-4-8)5-10(18-11(13)17)9(16)6-15-14/h1-4,6,10H,5H2,(H2,13,17)/t10-/m0/s1. The van der Waals surface area contributed by atoms with Gasteiger partial charge < -0.3 is 16.0 Å². The third kappa shape index (κ3) is 4.37. The molecule has 0 aromatic heterocycles. The van der Waals surface area contributed by atoms with Crippen molar-refractivity contribution in [3.05, 3.63) is 40.4 Å². The summed E-state index contributed by atoms with van der Waals surface area (Å²) in [6.45, 7) is 0. The second-order valence-corrected chi connectivity index (χ2v) is 3.84. The number of ketones is 1. The molecule has 1 aromatic rings. The quantitative estimate of drug-likeness (QED) is 0.492. The lowest BCUT2D eigenvalue weighted by molar-refractivity contribution is -0.123. The lowest BCUT2D eigenvalue weighted by Crippen LogP contribution is -2.32. The molecular weight excluding hydrogens is 258 g/mol. The summed E-state index contributed by atoms with van der Waals surface area (Å²) in [6, 6.07) is 6.65. The molecule has 0 fully saturated rings. The van der Waals surface area contributed by atoms with E-state index in [4.69, 9.17) is 22.9 Å². The summed E-state index contributed by atoms with van der Waals surface area (Å²) in [5, 5.41) is 0.550. The van der Waals surface area contributed by atoms with Gasteiger partial charge in [0.05, 0.1) is 0 Å². The minimum absolute atomic E-state index is 0.116. The van der Waals surface area contributed by atoms with Crippen molar-refractivity contribution < 1.29 is 19.1 Å². The summed E-state index contributed by atoms with van der Waals surface area (Å²) in [4.78, 5) is 24.8. The van der Waals surface area contributed by atoms with Gasteiger partial charge in [-0.25, -0.2) is 4.79 Å². The zero-order valence-electron chi connectivity index (χ0n) is 9.25. The number of hydrogen-bond acceptors (Lipinski definition) is 3. The van der Waals surface area contributed by atoms with E-state index in [0.717, 1.165) is 5.56 Å². The van der Waals surface area contributed by atoms with Crippen LogP contribution in [0.2, 0.25) is 5.02 Å². The van der Waals surface area contributed by atoms with E-state index in [9.17, 15) is 9.59 Å². The molecule has 1 rings (SSSR count). The summed E-state index contributed by atoms with van der Waals surface area (Å²) in [5.74, 6) is -0.661. The summed E-state index contributed by atoms with van der Waals surface area (Å²) in [6.07, 6.45) is -1.43. The van der Waals surface area contributed by atoms with Crippen molar-refractivity contribution in [1.82, 2.24) is 0 Å². The van der Waals surface area contributed by atoms with E-state index in [2.05, 4.69) is 9.53 Å². The molecule has 1 amide bonds. The zero-order chi connectivity index (χ0) is 13.5. The Bertz CT molecular complexity index is 495. The van der Waals surface area contributed by atoms with Gasteiger partial charge in [0, 0.05) is 11.4 Å². The molecule has 0 unspecified atom stereocenters. The van der Waals surface area contributed by atoms with Crippen molar-refractivity contribution in [2.24, 2.45) is 5.73 Å². The lowest BCUT2D eigenvalue weighted by atomic mass is 10.1. The van der Waals surface area contributed by atoms with Crippen molar-refractivity contribution in [3.63, 3.8) is 0 Å². The van der Waals surface area contributed by atoms with E-state index in [1.807, 2.05) is 0 Å². The Kier molecular flexibility index (Phi) is 5.05. The number of primary amides is 1. The van der Waals surface area contributed by atoms with Gasteiger partial charge in [0.25, 0.3) is 5.78 Å². The molecule has 94 valence electrons. The molecule has 0 heterocycles.